The maximum atomic E-state index is 12.0. The van der Waals surface area contributed by atoms with Gasteiger partial charge in [-0.2, -0.15) is 0 Å². The van der Waals surface area contributed by atoms with Gasteiger partial charge in [-0.1, -0.05) is 25.3 Å². The summed E-state index contributed by atoms with van der Waals surface area (Å²) in [5, 5.41) is 31.6. The van der Waals surface area contributed by atoms with Gasteiger partial charge in [0.1, 0.15) is 12.2 Å². The summed E-state index contributed by atoms with van der Waals surface area (Å²) in [6.07, 6.45) is 5.29. The van der Waals surface area contributed by atoms with E-state index in [1.165, 1.54) is 24.8 Å². The Morgan fingerprint density at radius 2 is 1.93 bits per heavy atom. The van der Waals surface area contributed by atoms with Gasteiger partial charge in [-0.25, -0.2) is 5.48 Å². The van der Waals surface area contributed by atoms with Crippen molar-refractivity contribution >= 4 is 16.8 Å². The largest absolute Gasteiger partial charge is 0.388 e. The fourth-order valence-electron chi connectivity index (χ4n) is 5.19. The monoisotopic (exact) mass is 407 g/mol. The van der Waals surface area contributed by atoms with Crippen LogP contribution in [0.1, 0.15) is 65.7 Å². The molecule has 7 nitrogen and oxygen atoms in total. The third-order valence-corrected chi connectivity index (χ3v) is 6.59. The van der Waals surface area contributed by atoms with Crippen LogP contribution in [0.4, 0.5) is 0 Å². The number of nitrogens with one attached hydrogen (secondary N) is 1. The summed E-state index contributed by atoms with van der Waals surface area (Å²) in [5.74, 6) is -0.210. The van der Waals surface area contributed by atoms with Crippen molar-refractivity contribution in [1.29, 1.82) is 0 Å². The number of carbonyl (C=O) groups excluding carboxylic acids is 1. The summed E-state index contributed by atoms with van der Waals surface area (Å²) in [6, 6.07) is 9.19. The lowest BCUT2D eigenvalue weighted by Gasteiger charge is -2.23. The van der Waals surface area contributed by atoms with Crippen LogP contribution in [0.25, 0.3) is 22.2 Å². The minimum absolute atomic E-state index is 0.195. The van der Waals surface area contributed by atoms with Crippen LogP contribution in [0, 0.1) is 0 Å². The normalized spacial score (nSPS) is 21.7. The summed E-state index contributed by atoms with van der Waals surface area (Å²) < 4.78 is 2.01. The Bertz CT molecular complexity index is 1120. The molecule has 1 aromatic carbocycles. The van der Waals surface area contributed by atoms with E-state index in [2.05, 4.69) is 4.98 Å². The average Bonchev–Trinajstić information content (AvgIpc) is 3.06. The van der Waals surface area contributed by atoms with Crippen molar-refractivity contribution in [2.75, 3.05) is 0 Å². The summed E-state index contributed by atoms with van der Waals surface area (Å²) in [4.78, 5) is 16.5. The number of hydroxylamine groups is 1. The van der Waals surface area contributed by atoms with Gasteiger partial charge < -0.3 is 14.8 Å². The number of aromatic nitrogens is 2. The first kappa shape index (κ1) is 19.2. The van der Waals surface area contributed by atoms with Crippen molar-refractivity contribution in [2.24, 2.45) is 0 Å². The van der Waals surface area contributed by atoms with Crippen molar-refractivity contribution < 1.29 is 20.2 Å². The second-order valence-electron chi connectivity index (χ2n) is 8.33. The first-order valence-corrected chi connectivity index (χ1v) is 10.5. The van der Waals surface area contributed by atoms with Crippen LogP contribution in [-0.2, 0) is 6.54 Å². The molecule has 2 aliphatic rings. The van der Waals surface area contributed by atoms with E-state index in [9.17, 15) is 15.0 Å². The summed E-state index contributed by atoms with van der Waals surface area (Å²) in [5.41, 5.74) is 6.33. The second-order valence-corrected chi connectivity index (χ2v) is 8.33. The molecule has 2 atom stereocenters. The number of rotatable bonds is 2. The van der Waals surface area contributed by atoms with Gasteiger partial charge >= 0.3 is 0 Å². The van der Waals surface area contributed by atoms with E-state index < -0.39 is 18.1 Å². The Morgan fingerprint density at radius 3 is 2.70 bits per heavy atom. The van der Waals surface area contributed by atoms with Crippen LogP contribution < -0.4 is 5.48 Å². The van der Waals surface area contributed by atoms with Crippen molar-refractivity contribution in [3.05, 3.63) is 53.3 Å². The fraction of sp³-hybridized carbons (Fsp3) is 0.391. The number of hydrogen-bond donors (Lipinski definition) is 4. The van der Waals surface area contributed by atoms with Gasteiger partial charge in [0.2, 0.25) is 0 Å². The SMILES string of the molecule is O=C(NO)c1ccc2c(C3CCCCC3)c3n(c2c1)C[C@@H](O)[C@@H](O)c1ncccc1-3. The number of fused-ring (bicyclic) bond motifs is 5. The molecule has 4 N–H and O–H groups in total. The maximum Gasteiger partial charge on any atom is 0.274 e. The van der Waals surface area contributed by atoms with Gasteiger partial charge in [0.05, 0.1) is 17.9 Å². The van der Waals surface area contributed by atoms with Crippen LogP contribution in [0.15, 0.2) is 36.5 Å². The fourth-order valence-corrected chi connectivity index (χ4v) is 5.19. The lowest BCUT2D eigenvalue weighted by Crippen LogP contribution is -2.23. The van der Waals surface area contributed by atoms with Gasteiger partial charge in [-0.05, 0) is 48.6 Å². The first-order chi connectivity index (χ1) is 14.6. The maximum absolute atomic E-state index is 12.0. The zero-order valence-corrected chi connectivity index (χ0v) is 16.6. The number of carbonyl (C=O) groups is 1. The number of benzene rings is 1. The molecule has 0 unspecified atom stereocenters. The van der Waals surface area contributed by atoms with E-state index in [4.69, 9.17) is 5.21 Å². The van der Waals surface area contributed by atoms with Crippen LogP contribution in [0.3, 0.4) is 0 Å². The van der Waals surface area contributed by atoms with Gasteiger partial charge in [-0.3, -0.25) is 15.0 Å². The molecule has 3 aromatic rings. The highest BCUT2D eigenvalue weighted by atomic mass is 16.5. The van der Waals surface area contributed by atoms with Crippen LogP contribution in [-0.4, -0.2) is 37.0 Å². The first-order valence-electron chi connectivity index (χ1n) is 10.5. The predicted molar refractivity (Wildman–Crippen MR) is 111 cm³/mol. The highest BCUT2D eigenvalue weighted by Crippen LogP contribution is 2.47. The molecule has 1 fully saturated rings. The van der Waals surface area contributed by atoms with Crippen molar-refractivity contribution in [3.8, 4) is 11.3 Å². The molecule has 5 rings (SSSR count). The van der Waals surface area contributed by atoms with E-state index in [0.29, 0.717) is 17.2 Å². The molecule has 7 heteroatoms. The molecule has 0 saturated heterocycles. The van der Waals surface area contributed by atoms with Crippen molar-refractivity contribution in [3.63, 3.8) is 0 Å². The van der Waals surface area contributed by atoms with Gasteiger partial charge in [0.25, 0.3) is 5.91 Å². The molecule has 30 heavy (non-hydrogen) atoms. The molecule has 1 aliphatic heterocycles. The second kappa shape index (κ2) is 7.50. The molecular weight excluding hydrogens is 382 g/mol. The Hall–Kier alpha value is -2.74. The summed E-state index contributed by atoms with van der Waals surface area (Å²) in [6.45, 7) is 0.195. The van der Waals surface area contributed by atoms with E-state index in [1.807, 2.05) is 22.8 Å². The minimum atomic E-state index is -1.08. The predicted octanol–water partition coefficient (Wildman–Crippen LogP) is 3.28. The van der Waals surface area contributed by atoms with Crippen LogP contribution >= 0.6 is 0 Å². The number of nitrogens with zero attached hydrogens (tertiary/aromatic N) is 2. The summed E-state index contributed by atoms with van der Waals surface area (Å²) in [7, 11) is 0. The molecule has 156 valence electrons. The molecule has 0 radical (unpaired) electrons. The summed E-state index contributed by atoms with van der Waals surface area (Å²) >= 11 is 0. The Kier molecular flexibility index (Phi) is 4.81. The van der Waals surface area contributed by atoms with Crippen LogP contribution in [0.5, 0.6) is 0 Å². The zero-order chi connectivity index (χ0) is 20.8. The van der Waals surface area contributed by atoms with Crippen LogP contribution in [0.2, 0.25) is 0 Å². The standard InChI is InChI=1S/C23H25N3O4/c27-18-12-26-17-11-14(23(29)25-30)8-9-15(17)19(13-5-2-1-3-6-13)21(26)16-7-4-10-24-20(16)22(18)28/h4,7-11,13,18,22,27-28,30H,1-3,5-6,12H2,(H,25,29)/t18-,22-/m1/s1. The Morgan fingerprint density at radius 1 is 1.13 bits per heavy atom. The highest BCUT2D eigenvalue weighted by Gasteiger charge is 2.34. The van der Waals surface area contributed by atoms with E-state index in [0.717, 1.165) is 35.0 Å². The Labute approximate surface area is 173 Å². The molecule has 1 aliphatic carbocycles. The average molecular weight is 407 g/mol. The van der Waals surface area contributed by atoms with E-state index in [-0.39, 0.29) is 6.54 Å². The number of hydrogen-bond acceptors (Lipinski definition) is 5. The number of aliphatic hydroxyl groups excluding tert-OH is 2. The quantitative estimate of drug-likeness (QED) is 0.385. The van der Waals surface area contributed by atoms with E-state index in [1.54, 1.807) is 23.8 Å². The topological polar surface area (TPSA) is 108 Å². The minimum Gasteiger partial charge on any atom is -0.388 e. The van der Waals surface area contributed by atoms with Gasteiger partial charge in [0.15, 0.2) is 0 Å². The number of pyridine rings is 1. The third-order valence-electron chi connectivity index (χ3n) is 6.59. The molecule has 3 heterocycles. The number of amides is 1. The molecule has 0 spiro atoms. The molecule has 0 bridgehead atoms. The highest BCUT2D eigenvalue weighted by molar-refractivity contribution is 6.00. The lowest BCUT2D eigenvalue weighted by molar-refractivity contribution is 0.00883. The van der Waals surface area contributed by atoms with Gasteiger partial charge in [-0.15, -0.1) is 0 Å². The lowest BCUT2D eigenvalue weighted by atomic mass is 9.81. The van der Waals surface area contributed by atoms with Gasteiger partial charge in [0, 0.05) is 28.2 Å². The smallest absolute Gasteiger partial charge is 0.274 e. The zero-order valence-electron chi connectivity index (χ0n) is 16.6. The molecule has 2 aromatic heterocycles. The molecule has 1 saturated carbocycles. The van der Waals surface area contributed by atoms with Crippen molar-refractivity contribution in [1.82, 2.24) is 15.0 Å². The molecular formula is C23H25N3O4. The van der Waals surface area contributed by atoms with E-state index >= 15 is 0 Å². The molecule has 1 amide bonds. The Balaban J connectivity index is 1.84. The number of aliphatic hydroxyl groups is 2. The van der Waals surface area contributed by atoms with Crippen molar-refractivity contribution in [2.45, 2.75) is 56.8 Å². The third kappa shape index (κ3) is 2.93.